The first-order chi connectivity index (χ1) is 12.5. The number of nitrogens with zero attached hydrogens (tertiary/aromatic N) is 3. The maximum atomic E-state index is 13.2. The van der Waals surface area contributed by atoms with Crippen LogP contribution >= 0.6 is 23.1 Å². The fourth-order valence-corrected chi connectivity index (χ4v) is 4.51. The summed E-state index contributed by atoms with van der Waals surface area (Å²) in [6.07, 6.45) is -4.37. The lowest BCUT2D eigenvalue weighted by Crippen LogP contribution is -2.08. The third-order valence-electron chi connectivity index (χ3n) is 3.87. The smallest absolute Gasteiger partial charge is 0.260 e. The number of hydrogen-bond acceptors (Lipinski definition) is 4. The number of thiazole rings is 1. The molecule has 0 atom stereocenters. The molecular weight excluding hydrogens is 379 g/mol. The number of fused-ring (bicyclic) bond motifs is 1. The van der Waals surface area contributed by atoms with E-state index >= 15 is 0 Å². The van der Waals surface area contributed by atoms with Gasteiger partial charge in [-0.05, 0) is 17.2 Å². The second-order valence-electron chi connectivity index (χ2n) is 5.53. The van der Waals surface area contributed by atoms with Crippen molar-refractivity contribution in [3.8, 4) is 11.3 Å². The minimum Gasteiger partial charge on any atom is -0.260 e. The molecule has 4 rings (SSSR count). The summed E-state index contributed by atoms with van der Waals surface area (Å²) in [6, 6.07) is 15.4. The zero-order valence-corrected chi connectivity index (χ0v) is 14.9. The van der Waals surface area contributed by atoms with Gasteiger partial charge in [0.1, 0.15) is 0 Å². The molecule has 0 saturated heterocycles. The van der Waals surface area contributed by atoms with Crippen LogP contribution in [0.5, 0.6) is 0 Å². The normalized spacial score (nSPS) is 12.0. The Balaban J connectivity index is 1.67. The van der Waals surface area contributed by atoms with E-state index in [1.165, 1.54) is 35.2 Å². The van der Waals surface area contributed by atoms with Gasteiger partial charge in [0, 0.05) is 11.1 Å². The zero-order chi connectivity index (χ0) is 18.1. The summed E-state index contributed by atoms with van der Waals surface area (Å²) in [5.41, 5.74) is 1.57. The molecule has 0 unspecified atom stereocenters. The molecule has 2 aromatic carbocycles. The van der Waals surface area contributed by atoms with E-state index < -0.39 is 11.7 Å². The van der Waals surface area contributed by atoms with Crippen LogP contribution in [0.3, 0.4) is 0 Å². The highest BCUT2D eigenvalue weighted by Gasteiger charge is 2.32. The van der Waals surface area contributed by atoms with Crippen LogP contribution in [0, 0.1) is 0 Å². The van der Waals surface area contributed by atoms with Crippen molar-refractivity contribution in [2.24, 2.45) is 0 Å². The van der Waals surface area contributed by atoms with Crippen LogP contribution in [0.15, 0.2) is 65.1 Å². The summed E-state index contributed by atoms with van der Waals surface area (Å²) >= 11 is 2.70. The average Bonchev–Trinajstić information content (AvgIpc) is 3.22. The van der Waals surface area contributed by atoms with Gasteiger partial charge in [0.2, 0.25) is 4.96 Å². The van der Waals surface area contributed by atoms with Crippen molar-refractivity contribution >= 4 is 28.1 Å². The van der Waals surface area contributed by atoms with Gasteiger partial charge in [-0.15, -0.1) is 21.5 Å². The van der Waals surface area contributed by atoms with Crippen LogP contribution in [0.2, 0.25) is 0 Å². The van der Waals surface area contributed by atoms with E-state index in [0.717, 1.165) is 22.3 Å². The lowest BCUT2D eigenvalue weighted by Gasteiger charge is -2.11. The molecule has 0 aliphatic heterocycles. The lowest BCUT2D eigenvalue weighted by atomic mass is 10.1. The van der Waals surface area contributed by atoms with Crippen LogP contribution in [-0.4, -0.2) is 14.6 Å². The predicted molar refractivity (Wildman–Crippen MR) is 97.3 cm³/mol. The van der Waals surface area contributed by atoms with Crippen molar-refractivity contribution in [1.29, 1.82) is 0 Å². The Bertz CT molecular complexity index is 1040. The molecule has 0 fully saturated rings. The molecule has 2 heterocycles. The van der Waals surface area contributed by atoms with Crippen molar-refractivity contribution < 1.29 is 13.2 Å². The van der Waals surface area contributed by atoms with Gasteiger partial charge in [-0.2, -0.15) is 13.2 Å². The topological polar surface area (TPSA) is 30.2 Å². The molecule has 4 aromatic rings. The molecule has 0 bridgehead atoms. The number of halogens is 3. The van der Waals surface area contributed by atoms with Gasteiger partial charge < -0.3 is 0 Å². The standard InChI is InChI=1S/C18H12F3N3S2/c19-18(20,21)14-9-5-4-8-13(14)10-25-16-22-23-17-24(16)15(11-26-17)12-6-2-1-3-7-12/h1-9,11H,10H2. The van der Waals surface area contributed by atoms with Crippen molar-refractivity contribution in [2.75, 3.05) is 0 Å². The van der Waals surface area contributed by atoms with Gasteiger partial charge >= 0.3 is 6.18 Å². The molecule has 0 radical (unpaired) electrons. The number of aromatic nitrogens is 3. The van der Waals surface area contributed by atoms with E-state index in [9.17, 15) is 13.2 Å². The van der Waals surface area contributed by atoms with Crippen molar-refractivity contribution in [2.45, 2.75) is 17.1 Å². The first-order valence-corrected chi connectivity index (χ1v) is 9.56. The molecule has 132 valence electrons. The predicted octanol–water partition coefficient (Wildman–Crippen LogP) is 5.77. The van der Waals surface area contributed by atoms with Crippen LogP contribution in [0.25, 0.3) is 16.2 Å². The summed E-state index contributed by atoms with van der Waals surface area (Å²) in [5.74, 6) is 0.167. The Labute approximate surface area is 155 Å². The number of rotatable bonds is 4. The second kappa shape index (κ2) is 6.77. The summed E-state index contributed by atoms with van der Waals surface area (Å²) in [7, 11) is 0. The molecule has 8 heteroatoms. The van der Waals surface area contributed by atoms with Crippen LogP contribution in [0.1, 0.15) is 11.1 Å². The molecule has 0 amide bonds. The lowest BCUT2D eigenvalue weighted by molar-refractivity contribution is -0.138. The summed E-state index contributed by atoms with van der Waals surface area (Å²) in [4.78, 5) is 0.718. The Morgan fingerprint density at radius 1 is 0.962 bits per heavy atom. The monoisotopic (exact) mass is 391 g/mol. The molecule has 0 N–H and O–H groups in total. The Morgan fingerprint density at radius 3 is 2.46 bits per heavy atom. The van der Waals surface area contributed by atoms with Gasteiger partial charge in [0.05, 0.1) is 11.3 Å². The molecule has 26 heavy (non-hydrogen) atoms. The number of benzene rings is 2. The van der Waals surface area contributed by atoms with E-state index in [4.69, 9.17) is 0 Å². The molecular formula is C18H12F3N3S2. The quantitative estimate of drug-likeness (QED) is 0.414. The molecule has 0 saturated carbocycles. The minimum absolute atomic E-state index is 0.167. The van der Waals surface area contributed by atoms with Gasteiger partial charge in [-0.3, -0.25) is 4.40 Å². The fraction of sp³-hybridized carbons (Fsp3) is 0.111. The van der Waals surface area contributed by atoms with E-state index in [-0.39, 0.29) is 11.3 Å². The summed E-state index contributed by atoms with van der Waals surface area (Å²) in [6.45, 7) is 0. The SMILES string of the molecule is FC(F)(F)c1ccccc1CSc1nnc2scc(-c3ccccc3)n12. The van der Waals surface area contributed by atoms with Crippen molar-refractivity contribution in [3.63, 3.8) is 0 Å². The highest BCUT2D eigenvalue weighted by molar-refractivity contribution is 7.98. The number of alkyl halides is 3. The Morgan fingerprint density at radius 2 is 1.69 bits per heavy atom. The van der Waals surface area contributed by atoms with E-state index in [2.05, 4.69) is 10.2 Å². The van der Waals surface area contributed by atoms with E-state index in [1.807, 2.05) is 40.1 Å². The van der Waals surface area contributed by atoms with E-state index in [1.54, 1.807) is 6.07 Å². The van der Waals surface area contributed by atoms with Gasteiger partial charge in [-0.25, -0.2) is 0 Å². The van der Waals surface area contributed by atoms with E-state index in [0.29, 0.717) is 5.16 Å². The second-order valence-corrected chi connectivity index (χ2v) is 7.31. The fourth-order valence-electron chi connectivity index (χ4n) is 2.66. The summed E-state index contributed by atoms with van der Waals surface area (Å²) in [5, 5.41) is 10.9. The molecule has 0 aliphatic rings. The van der Waals surface area contributed by atoms with Gasteiger partial charge in [0.25, 0.3) is 0 Å². The molecule has 3 nitrogen and oxygen atoms in total. The Hall–Kier alpha value is -2.32. The van der Waals surface area contributed by atoms with Crippen molar-refractivity contribution in [3.05, 3.63) is 71.1 Å². The first kappa shape index (κ1) is 17.1. The first-order valence-electron chi connectivity index (χ1n) is 7.70. The third kappa shape index (κ3) is 3.22. The molecule has 0 aliphatic carbocycles. The van der Waals surface area contributed by atoms with Crippen molar-refractivity contribution in [1.82, 2.24) is 14.6 Å². The van der Waals surface area contributed by atoms with Gasteiger partial charge in [0.15, 0.2) is 5.16 Å². The van der Waals surface area contributed by atoms with Crippen LogP contribution in [0.4, 0.5) is 13.2 Å². The third-order valence-corrected chi connectivity index (χ3v) is 5.66. The Kier molecular flexibility index (Phi) is 4.46. The van der Waals surface area contributed by atoms with Gasteiger partial charge in [-0.1, -0.05) is 60.3 Å². The number of thioether (sulfide) groups is 1. The zero-order valence-electron chi connectivity index (χ0n) is 13.3. The largest absolute Gasteiger partial charge is 0.416 e. The van der Waals surface area contributed by atoms with Crippen LogP contribution < -0.4 is 0 Å². The molecule has 0 spiro atoms. The maximum Gasteiger partial charge on any atom is 0.416 e. The maximum absolute atomic E-state index is 13.2. The van der Waals surface area contributed by atoms with Crippen LogP contribution in [-0.2, 0) is 11.9 Å². The summed E-state index contributed by atoms with van der Waals surface area (Å²) < 4.78 is 41.4. The number of hydrogen-bond donors (Lipinski definition) is 0. The minimum atomic E-state index is -4.37. The highest BCUT2D eigenvalue weighted by atomic mass is 32.2. The highest BCUT2D eigenvalue weighted by Crippen LogP contribution is 2.36. The molecule has 2 aromatic heterocycles. The average molecular weight is 391 g/mol.